The van der Waals surface area contributed by atoms with Gasteiger partial charge in [-0.2, -0.15) is 0 Å². The second kappa shape index (κ2) is 20.3. The van der Waals surface area contributed by atoms with Crippen molar-refractivity contribution >= 4 is 32.8 Å². The Morgan fingerprint density at radius 1 is 0.494 bits per heavy atom. The number of aromatic nitrogens is 4. The maximum Gasteiger partial charge on any atom is 0.269 e. The topological polar surface area (TPSA) is 35.9 Å². The van der Waals surface area contributed by atoms with Crippen LogP contribution in [0.25, 0.3) is 106 Å². The molecular weight excluding hydrogens is 985 g/mol. The van der Waals surface area contributed by atoms with E-state index in [0.29, 0.717) is 44.8 Å². The summed E-state index contributed by atoms with van der Waals surface area (Å²) in [5.41, 5.74) is -0.739. The molecule has 0 aliphatic carbocycles. The van der Waals surface area contributed by atoms with Crippen LogP contribution >= 0.6 is 0 Å². The lowest BCUT2D eigenvalue weighted by Gasteiger charge is -2.27. The van der Waals surface area contributed by atoms with Crippen molar-refractivity contribution in [3.05, 3.63) is 271 Å². The smallest absolute Gasteiger partial charge is 0.269 e. The highest BCUT2D eigenvalue weighted by Gasteiger charge is 2.26. The number of rotatable bonds is 10. The third-order valence-electron chi connectivity index (χ3n) is 14.2. The molecule has 0 saturated heterocycles. The molecule has 13 aromatic rings. The normalized spacial score (nSPS) is 16.5. The first-order valence-electron chi connectivity index (χ1n) is 38.1. The predicted molar refractivity (Wildman–Crippen MR) is 336 cm³/mol. The summed E-state index contributed by atoms with van der Waals surface area (Å²) in [5.74, 6) is 0.741. The molecule has 3 aromatic heterocycles. The van der Waals surface area contributed by atoms with Crippen LogP contribution in [0.5, 0.6) is 11.5 Å². The number of pyridine rings is 1. The molecule has 0 spiro atoms. The number of fused-ring (bicyclic) bond motifs is 4. The molecule has 0 saturated carbocycles. The minimum atomic E-state index is -2.96. The van der Waals surface area contributed by atoms with Crippen molar-refractivity contribution < 1.29 is 42.2 Å². The number of para-hydroxylation sites is 3. The standard InChI is InChI=1S/C76H64N4O/c1-50-37-66(57-41-55(52-23-12-9-13-24-52)40-56(42-57)53-25-14-10-15-26-53)74(67(38-50)58-43-59(75(3,4)5)45-60(44-58)76(6,7)8)79-49-78(70-33-20-21-34-71(70)79)61-29-22-30-62(46-61)81-63-35-36-65-64-31-18-19-32-69(64)80(72(65)47-63)73-39-51(2)68(48-77-73)54-27-16-11-17-28-54/h9-48H,1-8H3/i1D3,2D3,9D,10D,11D,12D,13D,14D,15D,16D,17D,23D,24D,25D,26D,27D,28D,40D,41D,42D. The van der Waals surface area contributed by atoms with Crippen LogP contribution in [0, 0.1) is 20.0 Å². The third-order valence-corrected chi connectivity index (χ3v) is 14.2. The van der Waals surface area contributed by atoms with Gasteiger partial charge in [-0.25, -0.2) is 4.98 Å². The molecule has 3 heterocycles. The zero-order valence-corrected chi connectivity index (χ0v) is 44.9. The molecule has 0 atom stereocenters. The zero-order valence-electron chi connectivity index (χ0n) is 68.9. The molecule has 0 fully saturated rings. The molecule has 0 radical (unpaired) electrons. The maximum absolute atomic E-state index is 10.4. The Bertz CT molecular complexity index is 5660. The van der Waals surface area contributed by atoms with Gasteiger partial charge in [0.15, 0.2) is 0 Å². The van der Waals surface area contributed by atoms with E-state index in [2.05, 4.69) is 12.4 Å². The molecule has 81 heavy (non-hydrogen) atoms. The summed E-state index contributed by atoms with van der Waals surface area (Å²) in [5, 5.41) is 1.49. The lowest BCUT2D eigenvalue weighted by molar-refractivity contribution is -0.571. The number of aryl methyl sites for hydroxylation is 2. The van der Waals surface area contributed by atoms with Gasteiger partial charge in [0, 0.05) is 36.8 Å². The Hall–Kier alpha value is -9.58. The van der Waals surface area contributed by atoms with Gasteiger partial charge in [0.25, 0.3) is 6.33 Å². The molecule has 0 aliphatic heterocycles. The van der Waals surface area contributed by atoms with Gasteiger partial charge in [-0.15, -0.1) is 0 Å². The SMILES string of the molecule is [2H]c1c([2H])c([2H])c(-c2cnc(-n3c4ccccc4c4ccc(Oc5cccc(-n6[c-][n+](-c7c(-c8cc(C(C)(C)C)cc(C(C)(C)C)c8)cc(C([2H])([2H])[2H])cc7-c7c([2H])c(-c8c([2H])c([2H])c([2H])c([2H])c8[2H])c([2H])c(-c8c([2H])c([2H])c([2H])c([2H])c8[2H])c7[2H])c7ccccc76)c5)cc43)cc2C([2H])([2H])[2H])c([2H])c1[2H]. The van der Waals surface area contributed by atoms with Crippen molar-refractivity contribution in [2.45, 2.75) is 66.1 Å². The number of nitrogens with zero attached hydrogens (tertiary/aromatic N) is 4. The quantitative estimate of drug-likeness (QED) is 0.101. The van der Waals surface area contributed by atoms with E-state index in [9.17, 15) is 9.60 Å². The van der Waals surface area contributed by atoms with E-state index in [1.165, 1.54) is 24.4 Å². The summed E-state index contributed by atoms with van der Waals surface area (Å²) in [7, 11) is 0. The van der Waals surface area contributed by atoms with Crippen LogP contribution in [0.4, 0.5) is 0 Å². The van der Waals surface area contributed by atoms with Crippen molar-refractivity contribution in [3.63, 3.8) is 0 Å². The van der Waals surface area contributed by atoms with Gasteiger partial charge in [-0.3, -0.25) is 13.7 Å². The monoisotopic (exact) mass is 1070 g/mol. The van der Waals surface area contributed by atoms with Crippen LogP contribution in [-0.4, -0.2) is 14.1 Å². The van der Waals surface area contributed by atoms with Crippen LogP contribution in [0.3, 0.4) is 0 Å². The molecule has 13 rings (SSSR count). The average Bonchev–Trinajstić information content (AvgIpc) is 1.63. The Morgan fingerprint density at radius 2 is 1.09 bits per heavy atom. The minimum absolute atomic E-state index is 0.0721. The molecule has 0 amide bonds. The predicted octanol–water partition coefficient (Wildman–Crippen LogP) is 19.5. The number of hydrogen-bond donors (Lipinski definition) is 0. The summed E-state index contributed by atoms with van der Waals surface area (Å²) < 4.78 is 228. The molecule has 0 bridgehead atoms. The van der Waals surface area contributed by atoms with E-state index in [0.717, 1.165) is 21.9 Å². The van der Waals surface area contributed by atoms with Crippen molar-refractivity contribution in [1.29, 1.82) is 0 Å². The maximum atomic E-state index is 10.4. The van der Waals surface area contributed by atoms with Gasteiger partial charge >= 0.3 is 0 Å². The van der Waals surface area contributed by atoms with Gasteiger partial charge in [-0.1, -0.05) is 217 Å². The lowest BCUT2D eigenvalue weighted by Crippen LogP contribution is -2.31. The van der Waals surface area contributed by atoms with Crippen molar-refractivity contribution in [1.82, 2.24) is 14.1 Å². The summed E-state index contributed by atoms with van der Waals surface area (Å²) >= 11 is 0. The van der Waals surface area contributed by atoms with Crippen LogP contribution in [0.15, 0.2) is 242 Å². The third kappa shape index (κ3) is 9.69. The zero-order chi connectivity index (χ0) is 76.2. The fraction of sp³-hybridized carbons (Fsp3) is 0.132. The van der Waals surface area contributed by atoms with E-state index >= 15 is 0 Å². The summed E-state index contributed by atoms with van der Waals surface area (Å²) in [4.78, 5) is 4.72. The molecule has 10 aromatic carbocycles. The first-order chi connectivity index (χ1) is 49.1. The highest BCUT2D eigenvalue weighted by atomic mass is 16.5. The Morgan fingerprint density at radius 3 is 1.74 bits per heavy atom. The highest BCUT2D eigenvalue weighted by molar-refractivity contribution is 6.09. The van der Waals surface area contributed by atoms with Crippen molar-refractivity contribution in [3.8, 4) is 84.3 Å². The molecular formula is C76H64N4O. The Labute approximate surface area is 509 Å². The molecule has 0 aliphatic rings. The van der Waals surface area contributed by atoms with E-state index in [-0.39, 0.29) is 44.9 Å². The largest absolute Gasteiger partial charge is 0.458 e. The summed E-state index contributed by atoms with van der Waals surface area (Å²) in [6.07, 6.45) is 4.73. The Kier molecular flexibility index (Phi) is 7.68. The van der Waals surface area contributed by atoms with Crippen LogP contribution in [0.1, 0.15) is 96.7 Å². The first kappa shape index (κ1) is 30.7. The van der Waals surface area contributed by atoms with Crippen molar-refractivity contribution in [2.75, 3.05) is 0 Å². The van der Waals surface area contributed by atoms with Crippen LogP contribution in [-0.2, 0) is 10.8 Å². The number of ether oxygens (including phenoxy) is 1. The van der Waals surface area contributed by atoms with Gasteiger partial charge in [0.2, 0.25) is 0 Å². The molecule has 0 unspecified atom stereocenters. The molecule has 0 N–H and O–H groups in total. The second-order valence-corrected chi connectivity index (χ2v) is 21.7. The fourth-order valence-electron chi connectivity index (χ4n) is 10.2. The Balaban J connectivity index is 1.07. The molecule has 5 nitrogen and oxygen atoms in total. The first-order valence-corrected chi connectivity index (χ1v) is 26.1. The number of imidazole rings is 1. The highest BCUT2D eigenvalue weighted by Crippen LogP contribution is 2.43. The van der Waals surface area contributed by atoms with E-state index in [1.54, 1.807) is 74.4 Å². The summed E-state index contributed by atoms with van der Waals surface area (Å²) in [6.45, 7) is 6.31. The van der Waals surface area contributed by atoms with Crippen LogP contribution in [0.2, 0.25) is 0 Å². The van der Waals surface area contributed by atoms with Crippen molar-refractivity contribution in [2.24, 2.45) is 0 Å². The van der Waals surface area contributed by atoms with Gasteiger partial charge in [0.1, 0.15) is 17.3 Å². The number of benzene rings is 10. The van der Waals surface area contributed by atoms with E-state index in [4.69, 9.17) is 33.0 Å². The van der Waals surface area contributed by atoms with Crippen LogP contribution < -0.4 is 9.30 Å². The van der Waals surface area contributed by atoms with E-state index < -0.39 is 161 Å². The van der Waals surface area contributed by atoms with Gasteiger partial charge in [-0.05, 0) is 152 Å². The number of hydrogen-bond acceptors (Lipinski definition) is 2. The molecule has 394 valence electrons. The fourth-order valence-corrected chi connectivity index (χ4v) is 10.2. The van der Waals surface area contributed by atoms with E-state index in [1.807, 2.05) is 84.0 Å². The van der Waals surface area contributed by atoms with Gasteiger partial charge in [0.05, 0.1) is 58.1 Å². The summed E-state index contributed by atoms with van der Waals surface area (Å²) in [6, 6.07) is 22.6. The second-order valence-electron chi connectivity index (χ2n) is 21.7. The van der Waals surface area contributed by atoms with Gasteiger partial charge < -0.3 is 4.74 Å². The molecule has 5 heteroatoms. The average molecular weight is 1070 g/mol. The minimum Gasteiger partial charge on any atom is -0.458 e. The lowest BCUT2D eigenvalue weighted by atomic mass is 9.78.